The molecule has 0 bridgehead atoms. The second kappa shape index (κ2) is 8.35. The van der Waals surface area contributed by atoms with Crippen LogP contribution in [-0.2, 0) is 11.2 Å². The molecule has 9 heteroatoms. The van der Waals surface area contributed by atoms with E-state index in [1.54, 1.807) is 24.5 Å². The third-order valence-corrected chi connectivity index (χ3v) is 4.93. The van der Waals surface area contributed by atoms with Crippen molar-refractivity contribution in [3.05, 3.63) is 53.6 Å². The van der Waals surface area contributed by atoms with Gasteiger partial charge in [0.05, 0.1) is 5.02 Å². The van der Waals surface area contributed by atoms with Crippen LogP contribution >= 0.6 is 11.6 Å². The molecule has 0 N–H and O–H groups in total. The smallest absolute Gasteiger partial charge is 0.227 e. The van der Waals surface area contributed by atoms with E-state index in [2.05, 4.69) is 25.0 Å². The van der Waals surface area contributed by atoms with Gasteiger partial charge in [-0.3, -0.25) is 4.79 Å². The van der Waals surface area contributed by atoms with Crippen LogP contribution in [0.4, 0.5) is 5.95 Å². The van der Waals surface area contributed by atoms with Gasteiger partial charge in [0.2, 0.25) is 23.6 Å². The van der Waals surface area contributed by atoms with Gasteiger partial charge in [-0.1, -0.05) is 28.9 Å². The van der Waals surface area contributed by atoms with E-state index in [9.17, 15) is 4.79 Å². The summed E-state index contributed by atoms with van der Waals surface area (Å²) in [7, 11) is 0. The lowest BCUT2D eigenvalue weighted by Crippen LogP contribution is -2.49. The van der Waals surface area contributed by atoms with E-state index in [0.29, 0.717) is 67.3 Å². The third-order valence-electron chi connectivity index (χ3n) is 4.60. The van der Waals surface area contributed by atoms with Crippen molar-refractivity contribution in [2.24, 2.45) is 0 Å². The van der Waals surface area contributed by atoms with Gasteiger partial charge in [-0.2, -0.15) is 4.98 Å². The van der Waals surface area contributed by atoms with Crippen molar-refractivity contribution in [3.8, 4) is 11.4 Å². The average Bonchev–Trinajstić information content (AvgIpc) is 3.22. The number of carbonyl (C=O) groups is 1. The van der Waals surface area contributed by atoms with E-state index in [0.717, 1.165) is 0 Å². The number of anilines is 1. The first-order valence-corrected chi connectivity index (χ1v) is 9.46. The lowest BCUT2D eigenvalue weighted by Gasteiger charge is -2.34. The number of aromatic nitrogens is 4. The summed E-state index contributed by atoms with van der Waals surface area (Å²) < 4.78 is 5.27. The molecule has 2 aromatic heterocycles. The van der Waals surface area contributed by atoms with Gasteiger partial charge in [0.15, 0.2) is 0 Å². The summed E-state index contributed by atoms with van der Waals surface area (Å²) in [4.78, 5) is 29.3. The Morgan fingerprint density at radius 2 is 1.82 bits per heavy atom. The Morgan fingerprint density at radius 1 is 1.07 bits per heavy atom. The summed E-state index contributed by atoms with van der Waals surface area (Å²) in [6, 6.07) is 9.10. The van der Waals surface area contributed by atoms with Crippen LogP contribution in [0.1, 0.15) is 12.3 Å². The lowest BCUT2D eigenvalue weighted by atomic mass is 10.2. The molecule has 1 amide bonds. The maximum absolute atomic E-state index is 12.5. The molecule has 8 nitrogen and oxygen atoms in total. The van der Waals surface area contributed by atoms with Crippen LogP contribution in [0.3, 0.4) is 0 Å². The summed E-state index contributed by atoms with van der Waals surface area (Å²) in [6.07, 6.45) is 4.17. The Balaban J connectivity index is 1.29. The van der Waals surface area contributed by atoms with E-state index in [1.165, 1.54) is 0 Å². The molecule has 0 saturated carbocycles. The largest absolute Gasteiger partial charge is 0.339 e. The molecule has 1 fully saturated rings. The van der Waals surface area contributed by atoms with Crippen molar-refractivity contribution in [3.63, 3.8) is 0 Å². The Hall–Kier alpha value is -3.00. The number of carbonyl (C=O) groups excluding carboxylic acids is 1. The Kier molecular flexibility index (Phi) is 5.48. The first kappa shape index (κ1) is 18.4. The standard InChI is InChI=1S/C19H19ClN6O2/c20-15-5-2-1-4-14(15)18-23-16(28-24-18)6-7-17(27)25-10-12-26(13-11-25)19-21-8-3-9-22-19/h1-5,8-9H,6-7,10-13H2. The molecule has 4 rings (SSSR count). The van der Waals surface area contributed by atoms with Gasteiger partial charge >= 0.3 is 0 Å². The summed E-state index contributed by atoms with van der Waals surface area (Å²) in [5, 5.41) is 4.53. The highest BCUT2D eigenvalue weighted by molar-refractivity contribution is 6.33. The molecule has 1 aliphatic rings. The molecule has 0 radical (unpaired) electrons. The molecule has 1 aromatic carbocycles. The van der Waals surface area contributed by atoms with Crippen molar-refractivity contribution >= 4 is 23.5 Å². The first-order valence-electron chi connectivity index (χ1n) is 9.08. The fourth-order valence-electron chi connectivity index (χ4n) is 3.09. The number of nitrogens with zero attached hydrogens (tertiary/aromatic N) is 6. The highest BCUT2D eigenvalue weighted by Gasteiger charge is 2.23. The predicted octanol–water partition coefficient (Wildman–Crippen LogP) is 2.46. The van der Waals surface area contributed by atoms with Crippen LogP contribution in [0.25, 0.3) is 11.4 Å². The molecule has 3 heterocycles. The topological polar surface area (TPSA) is 88.3 Å². The van der Waals surface area contributed by atoms with Gasteiger partial charge in [0.25, 0.3) is 0 Å². The van der Waals surface area contributed by atoms with Crippen molar-refractivity contribution in [1.29, 1.82) is 0 Å². The summed E-state index contributed by atoms with van der Waals surface area (Å²) in [5.41, 5.74) is 0.713. The highest BCUT2D eigenvalue weighted by atomic mass is 35.5. The van der Waals surface area contributed by atoms with Gasteiger partial charge < -0.3 is 14.3 Å². The highest BCUT2D eigenvalue weighted by Crippen LogP contribution is 2.25. The maximum atomic E-state index is 12.5. The monoisotopic (exact) mass is 398 g/mol. The zero-order valence-corrected chi connectivity index (χ0v) is 15.9. The average molecular weight is 399 g/mol. The van der Waals surface area contributed by atoms with Gasteiger partial charge in [-0.25, -0.2) is 9.97 Å². The minimum Gasteiger partial charge on any atom is -0.339 e. The number of benzene rings is 1. The first-order chi connectivity index (χ1) is 13.7. The van der Waals surface area contributed by atoms with E-state index in [1.807, 2.05) is 23.1 Å². The molecule has 0 unspecified atom stereocenters. The van der Waals surface area contributed by atoms with Crippen LogP contribution in [0.5, 0.6) is 0 Å². The Morgan fingerprint density at radius 3 is 2.57 bits per heavy atom. The van der Waals surface area contributed by atoms with Gasteiger partial charge in [-0.05, 0) is 18.2 Å². The fourth-order valence-corrected chi connectivity index (χ4v) is 3.31. The number of aryl methyl sites for hydroxylation is 1. The van der Waals surface area contributed by atoms with Crippen molar-refractivity contribution in [2.75, 3.05) is 31.1 Å². The van der Waals surface area contributed by atoms with Crippen LogP contribution < -0.4 is 4.90 Å². The number of hydrogen-bond donors (Lipinski definition) is 0. The SMILES string of the molecule is O=C(CCc1nc(-c2ccccc2Cl)no1)N1CCN(c2ncccn2)CC1. The second-order valence-corrected chi connectivity index (χ2v) is 6.82. The lowest BCUT2D eigenvalue weighted by molar-refractivity contribution is -0.131. The van der Waals surface area contributed by atoms with Crippen LogP contribution in [0, 0.1) is 0 Å². The van der Waals surface area contributed by atoms with E-state index in [-0.39, 0.29) is 5.91 Å². The van der Waals surface area contributed by atoms with Crippen LogP contribution in [0.2, 0.25) is 5.02 Å². The number of rotatable bonds is 5. The van der Waals surface area contributed by atoms with E-state index >= 15 is 0 Å². The fraction of sp³-hybridized carbons (Fsp3) is 0.316. The minimum absolute atomic E-state index is 0.0751. The molecule has 1 saturated heterocycles. The molecule has 1 aliphatic heterocycles. The number of piperazine rings is 1. The number of amides is 1. The van der Waals surface area contributed by atoms with Crippen LogP contribution in [0.15, 0.2) is 47.2 Å². The molecule has 0 spiro atoms. The van der Waals surface area contributed by atoms with E-state index in [4.69, 9.17) is 16.1 Å². The summed E-state index contributed by atoms with van der Waals surface area (Å²) in [6.45, 7) is 2.72. The van der Waals surface area contributed by atoms with Gasteiger partial charge in [-0.15, -0.1) is 0 Å². The third kappa shape index (κ3) is 4.12. The summed E-state index contributed by atoms with van der Waals surface area (Å²) >= 11 is 6.16. The molecular weight excluding hydrogens is 380 g/mol. The Labute approximate surface area is 167 Å². The summed E-state index contributed by atoms with van der Waals surface area (Å²) in [5.74, 6) is 1.64. The second-order valence-electron chi connectivity index (χ2n) is 6.41. The Bertz CT molecular complexity index is 940. The molecular formula is C19H19ClN6O2. The molecule has 3 aromatic rings. The van der Waals surface area contributed by atoms with Crippen LogP contribution in [-0.4, -0.2) is 57.1 Å². The molecule has 28 heavy (non-hydrogen) atoms. The molecule has 144 valence electrons. The van der Waals surface area contributed by atoms with E-state index < -0.39 is 0 Å². The predicted molar refractivity (Wildman–Crippen MR) is 104 cm³/mol. The molecule has 0 aliphatic carbocycles. The maximum Gasteiger partial charge on any atom is 0.227 e. The number of halogens is 1. The zero-order valence-electron chi connectivity index (χ0n) is 15.2. The van der Waals surface area contributed by atoms with Gasteiger partial charge in [0.1, 0.15) is 0 Å². The van der Waals surface area contributed by atoms with Crippen molar-refractivity contribution < 1.29 is 9.32 Å². The quantitative estimate of drug-likeness (QED) is 0.652. The minimum atomic E-state index is 0.0751. The normalized spacial score (nSPS) is 14.3. The van der Waals surface area contributed by atoms with Crippen molar-refractivity contribution in [2.45, 2.75) is 12.8 Å². The van der Waals surface area contributed by atoms with Crippen molar-refractivity contribution in [1.82, 2.24) is 25.0 Å². The van der Waals surface area contributed by atoms with Gasteiger partial charge in [0, 0.05) is 57.0 Å². The number of hydrogen-bond acceptors (Lipinski definition) is 7. The zero-order chi connectivity index (χ0) is 19.3. The molecule has 0 atom stereocenters.